The lowest BCUT2D eigenvalue weighted by Crippen LogP contribution is -2.60. The van der Waals surface area contributed by atoms with Crippen molar-refractivity contribution in [3.63, 3.8) is 0 Å². The summed E-state index contributed by atoms with van der Waals surface area (Å²) in [6.07, 6.45) is 73.7. The highest BCUT2D eigenvalue weighted by Crippen LogP contribution is 2.23. The van der Waals surface area contributed by atoms with Gasteiger partial charge in [-0.15, -0.1) is 0 Å². The zero-order valence-electron chi connectivity index (χ0n) is 51.9. The van der Waals surface area contributed by atoms with E-state index in [1.54, 1.807) is 6.08 Å². The molecule has 1 aliphatic heterocycles. The van der Waals surface area contributed by atoms with E-state index >= 15 is 0 Å². The lowest BCUT2D eigenvalue weighted by molar-refractivity contribution is -0.302. The van der Waals surface area contributed by atoms with E-state index in [0.29, 0.717) is 6.42 Å². The number of carbonyl (C=O) groups is 1. The summed E-state index contributed by atoms with van der Waals surface area (Å²) < 4.78 is 11.3. The van der Waals surface area contributed by atoms with E-state index in [0.717, 1.165) is 44.9 Å². The Morgan fingerprint density at radius 2 is 0.722 bits per heavy atom. The van der Waals surface area contributed by atoms with Crippen LogP contribution < -0.4 is 5.32 Å². The first-order valence-electron chi connectivity index (χ1n) is 34.4. The molecule has 1 heterocycles. The molecule has 0 radical (unpaired) electrons. The number of allylic oxidation sites excluding steroid dienone is 7. The van der Waals surface area contributed by atoms with E-state index in [1.807, 2.05) is 6.08 Å². The maximum atomic E-state index is 13.1. The molecule has 6 N–H and O–H groups in total. The summed E-state index contributed by atoms with van der Waals surface area (Å²) in [5.41, 5.74) is 0. The van der Waals surface area contributed by atoms with Gasteiger partial charge in [-0.25, -0.2) is 0 Å². The van der Waals surface area contributed by atoms with Crippen LogP contribution in [0.25, 0.3) is 0 Å². The number of ether oxygens (including phenoxy) is 2. The van der Waals surface area contributed by atoms with Gasteiger partial charge >= 0.3 is 0 Å². The maximum Gasteiger partial charge on any atom is 0.220 e. The third kappa shape index (κ3) is 48.3. The molecule has 1 rings (SSSR count). The second-order valence-electron chi connectivity index (χ2n) is 24.0. The highest BCUT2D eigenvalue weighted by atomic mass is 16.7. The zero-order valence-corrected chi connectivity index (χ0v) is 51.9. The summed E-state index contributed by atoms with van der Waals surface area (Å²) in [5.74, 6) is -0.186. The molecule has 9 nitrogen and oxygen atoms in total. The van der Waals surface area contributed by atoms with Gasteiger partial charge in [0.1, 0.15) is 24.4 Å². The highest BCUT2D eigenvalue weighted by Gasteiger charge is 2.44. The first kappa shape index (κ1) is 75.2. The predicted molar refractivity (Wildman–Crippen MR) is 336 cm³/mol. The minimum atomic E-state index is -1.58. The first-order chi connectivity index (χ1) is 38.8. The van der Waals surface area contributed by atoms with Crippen molar-refractivity contribution >= 4 is 5.91 Å². The average Bonchev–Trinajstić information content (AvgIpc) is 3.47. The molecule has 0 spiro atoms. The van der Waals surface area contributed by atoms with Crippen LogP contribution in [0.4, 0.5) is 0 Å². The van der Waals surface area contributed by atoms with Crippen molar-refractivity contribution in [2.75, 3.05) is 13.2 Å². The van der Waals surface area contributed by atoms with Crippen molar-refractivity contribution in [2.45, 2.75) is 378 Å². The predicted octanol–water partition coefficient (Wildman–Crippen LogP) is 18.4. The van der Waals surface area contributed by atoms with Crippen molar-refractivity contribution in [2.24, 2.45) is 0 Å². The van der Waals surface area contributed by atoms with E-state index in [2.05, 4.69) is 55.6 Å². The van der Waals surface area contributed by atoms with E-state index < -0.39 is 49.5 Å². The van der Waals surface area contributed by atoms with Gasteiger partial charge in [-0.05, 0) is 70.6 Å². The van der Waals surface area contributed by atoms with Crippen LogP contribution in [0, 0.1) is 0 Å². The molecule has 1 amide bonds. The van der Waals surface area contributed by atoms with E-state index in [-0.39, 0.29) is 12.5 Å². The van der Waals surface area contributed by atoms with Crippen molar-refractivity contribution in [1.82, 2.24) is 5.32 Å². The summed E-state index contributed by atoms with van der Waals surface area (Å²) in [6.45, 7) is 3.80. The molecular weight excluding hydrogens is 983 g/mol. The topological polar surface area (TPSA) is 149 Å². The Bertz CT molecular complexity index is 1380. The van der Waals surface area contributed by atoms with Gasteiger partial charge in [0.05, 0.1) is 25.4 Å². The van der Waals surface area contributed by atoms with Crippen LogP contribution in [0.3, 0.4) is 0 Å². The van der Waals surface area contributed by atoms with Crippen molar-refractivity contribution in [3.8, 4) is 0 Å². The second-order valence-corrected chi connectivity index (χ2v) is 24.0. The molecule has 0 bridgehead atoms. The zero-order chi connectivity index (χ0) is 57.2. The molecule has 464 valence electrons. The largest absolute Gasteiger partial charge is 0.394 e. The van der Waals surface area contributed by atoms with Crippen LogP contribution in [-0.4, -0.2) is 87.5 Å². The number of nitrogens with one attached hydrogen (secondary N) is 1. The van der Waals surface area contributed by atoms with Gasteiger partial charge < -0.3 is 40.3 Å². The Labute approximate surface area is 488 Å². The fraction of sp³-hybridized carbons (Fsp3) is 0.871. The normalized spacial score (nSPS) is 18.8. The van der Waals surface area contributed by atoms with E-state index in [4.69, 9.17) is 9.47 Å². The number of rotatable bonds is 60. The molecule has 1 aliphatic rings. The van der Waals surface area contributed by atoms with Crippen molar-refractivity contribution < 1.29 is 39.8 Å². The summed E-state index contributed by atoms with van der Waals surface area (Å²) in [4.78, 5) is 13.1. The van der Waals surface area contributed by atoms with Gasteiger partial charge in [0.15, 0.2) is 6.29 Å². The molecule has 0 aliphatic carbocycles. The number of hydrogen-bond acceptors (Lipinski definition) is 8. The van der Waals surface area contributed by atoms with Crippen LogP contribution in [0.2, 0.25) is 0 Å². The SMILES string of the molecule is CCCCCCCCCCCCC/C=C/CC/C=C/CC/C=C/C(O)C(COC1OC(CO)C(O)C(O)C1O)NC(=O)CCCCCCCCCCCCCCCCCCC/C=C\CCCCCCCCCCCCCCCC. The first-order valence-corrected chi connectivity index (χ1v) is 34.4. The smallest absolute Gasteiger partial charge is 0.220 e. The highest BCUT2D eigenvalue weighted by molar-refractivity contribution is 5.76. The third-order valence-corrected chi connectivity index (χ3v) is 16.4. The molecule has 0 saturated carbocycles. The van der Waals surface area contributed by atoms with Crippen LogP contribution in [0.5, 0.6) is 0 Å². The maximum absolute atomic E-state index is 13.1. The number of amides is 1. The summed E-state index contributed by atoms with van der Waals surface area (Å²) in [5, 5.41) is 54.6. The number of aliphatic hydroxyl groups excluding tert-OH is 5. The van der Waals surface area contributed by atoms with Gasteiger partial charge in [-0.1, -0.05) is 306 Å². The standard InChI is InChI=1S/C70H131NO8/c1-3-5-7-9-11-13-15-17-19-21-23-25-26-27-28-29-30-31-32-33-34-35-36-37-38-40-42-44-46-48-50-52-54-56-58-60-66(74)71-63(62-78-70-69(77)68(76)67(75)65(61-72)79-70)64(73)59-57-55-53-51-49-47-45-43-41-39-24-22-20-18-16-14-12-10-8-6-4-2/h29-30,41,43,49,51,57,59,63-65,67-70,72-73,75-77H,3-28,31-40,42,44-48,50,52-56,58,60-62H2,1-2H3,(H,71,74)/b30-29-,43-41+,51-49+,59-57+. The third-order valence-electron chi connectivity index (χ3n) is 16.4. The van der Waals surface area contributed by atoms with Crippen LogP contribution in [0.1, 0.15) is 335 Å². The Morgan fingerprint density at radius 3 is 1.06 bits per heavy atom. The Balaban J connectivity index is 2.12. The van der Waals surface area contributed by atoms with Crippen molar-refractivity contribution in [3.05, 3.63) is 48.6 Å². The molecule has 1 fully saturated rings. The van der Waals surface area contributed by atoms with E-state index in [9.17, 15) is 30.3 Å². The Hall–Kier alpha value is -1.85. The van der Waals surface area contributed by atoms with E-state index in [1.165, 1.54) is 270 Å². The van der Waals surface area contributed by atoms with Gasteiger partial charge in [-0.3, -0.25) is 4.79 Å². The fourth-order valence-electron chi connectivity index (χ4n) is 11.0. The summed E-state index contributed by atoms with van der Waals surface area (Å²) in [6, 6.07) is -0.829. The molecule has 1 saturated heterocycles. The molecular formula is C70H131NO8. The fourth-order valence-corrected chi connectivity index (χ4v) is 11.0. The minimum Gasteiger partial charge on any atom is -0.394 e. The number of hydrogen-bond donors (Lipinski definition) is 6. The lowest BCUT2D eigenvalue weighted by atomic mass is 9.99. The van der Waals surface area contributed by atoms with Crippen LogP contribution in [-0.2, 0) is 14.3 Å². The average molecular weight is 1110 g/mol. The number of carbonyl (C=O) groups excluding carboxylic acids is 1. The molecule has 79 heavy (non-hydrogen) atoms. The molecule has 0 aromatic carbocycles. The monoisotopic (exact) mass is 1110 g/mol. The van der Waals surface area contributed by atoms with Gasteiger partial charge in [-0.2, -0.15) is 0 Å². The van der Waals surface area contributed by atoms with Crippen LogP contribution >= 0.6 is 0 Å². The quantitative estimate of drug-likeness (QED) is 0.0261. The Morgan fingerprint density at radius 1 is 0.418 bits per heavy atom. The number of aliphatic hydroxyl groups is 5. The summed E-state index contributed by atoms with van der Waals surface area (Å²) in [7, 11) is 0. The molecule has 0 aromatic heterocycles. The van der Waals surface area contributed by atoms with Crippen LogP contribution in [0.15, 0.2) is 48.6 Å². The molecule has 7 unspecified atom stereocenters. The molecule has 9 heteroatoms. The number of unbranched alkanes of at least 4 members (excludes halogenated alkanes) is 44. The molecule has 7 atom stereocenters. The van der Waals surface area contributed by atoms with Gasteiger partial charge in [0.25, 0.3) is 0 Å². The summed E-state index contributed by atoms with van der Waals surface area (Å²) >= 11 is 0. The Kier molecular flexibility index (Phi) is 56.4. The van der Waals surface area contributed by atoms with Crippen molar-refractivity contribution in [1.29, 1.82) is 0 Å². The molecule has 0 aromatic rings. The minimum absolute atomic E-state index is 0.186. The lowest BCUT2D eigenvalue weighted by Gasteiger charge is -2.40. The second kappa shape index (κ2) is 59.3. The van der Waals surface area contributed by atoms with Gasteiger partial charge in [0, 0.05) is 6.42 Å². The van der Waals surface area contributed by atoms with Gasteiger partial charge in [0.2, 0.25) is 5.91 Å².